The summed E-state index contributed by atoms with van der Waals surface area (Å²) in [5.74, 6) is 0.592. The molecule has 0 aliphatic rings. The van der Waals surface area contributed by atoms with Crippen molar-refractivity contribution in [1.29, 1.82) is 0 Å². The van der Waals surface area contributed by atoms with Crippen LogP contribution in [0.1, 0.15) is 24.2 Å². The quantitative estimate of drug-likeness (QED) is 0.828. The Morgan fingerprint density at radius 3 is 3.05 bits per heavy atom. The van der Waals surface area contributed by atoms with Gasteiger partial charge in [0.25, 0.3) is 0 Å². The predicted molar refractivity (Wildman–Crippen MR) is 70.8 cm³/mol. The van der Waals surface area contributed by atoms with E-state index in [1.165, 1.54) is 6.07 Å². The lowest BCUT2D eigenvalue weighted by atomic mass is 10.1. The molecule has 1 heterocycles. The van der Waals surface area contributed by atoms with Gasteiger partial charge in [-0.15, -0.1) is 0 Å². The molecule has 0 aliphatic carbocycles. The van der Waals surface area contributed by atoms with E-state index in [0.717, 1.165) is 13.1 Å². The summed E-state index contributed by atoms with van der Waals surface area (Å²) >= 11 is 5.72. The number of aromatic nitrogens is 2. The molecule has 0 atom stereocenters. The number of rotatable bonds is 6. The highest BCUT2D eigenvalue weighted by molar-refractivity contribution is 6.30. The van der Waals surface area contributed by atoms with Crippen molar-refractivity contribution >= 4 is 11.6 Å². The summed E-state index contributed by atoms with van der Waals surface area (Å²) in [4.78, 5) is 4.22. The average Bonchev–Trinajstić information content (AvgIpc) is 2.83. The Labute approximate surface area is 116 Å². The second-order valence-electron chi connectivity index (χ2n) is 4.10. The van der Waals surface area contributed by atoms with Crippen LogP contribution in [0.4, 0.5) is 4.39 Å². The molecular weight excluding hydrogens is 269 g/mol. The molecule has 2 rings (SSSR count). The zero-order chi connectivity index (χ0) is 13.7. The molecule has 1 aromatic carbocycles. The molecule has 2 aromatic rings. The summed E-state index contributed by atoms with van der Waals surface area (Å²) in [5, 5.41) is 7.11. The Balaban J connectivity index is 2.01. The van der Waals surface area contributed by atoms with E-state index in [-0.39, 0.29) is 11.4 Å². The normalized spacial score (nSPS) is 10.9. The summed E-state index contributed by atoms with van der Waals surface area (Å²) in [6.45, 7) is 3.71. The lowest BCUT2D eigenvalue weighted by Gasteiger charge is -2.00. The van der Waals surface area contributed by atoms with Crippen LogP contribution >= 0.6 is 11.6 Å². The molecular formula is C13H15ClFN3O. The molecule has 102 valence electrons. The standard InChI is InChI=1S/C13H15ClFN3O/c1-2-16-7-6-12-17-11(18-19-12)8-9-4-3-5-10(14)13(9)15/h3-5,16H,2,6-8H2,1H3. The van der Waals surface area contributed by atoms with Crippen LogP contribution in [0, 0.1) is 5.82 Å². The van der Waals surface area contributed by atoms with Gasteiger partial charge >= 0.3 is 0 Å². The van der Waals surface area contributed by atoms with E-state index >= 15 is 0 Å². The molecule has 0 bridgehead atoms. The number of likely N-dealkylation sites (N-methyl/N-ethyl adjacent to an activating group) is 1. The number of nitrogens with one attached hydrogen (secondary N) is 1. The van der Waals surface area contributed by atoms with Crippen molar-refractivity contribution in [3.63, 3.8) is 0 Å². The lowest BCUT2D eigenvalue weighted by Crippen LogP contribution is -2.16. The van der Waals surface area contributed by atoms with E-state index in [1.54, 1.807) is 12.1 Å². The number of hydrogen-bond donors (Lipinski definition) is 1. The molecule has 0 saturated heterocycles. The largest absolute Gasteiger partial charge is 0.339 e. The maximum atomic E-state index is 13.7. The van der Waals surface area contributed by atoms with Gasteiger partial charge in [-0.3, -0.25) is 0 Å². The smallest absolute Gasteiger partial charge is 0.227 e. The molecule has 19 heavy (non-hydrogen) atoms. The van der Waals surface area contributed by atoms with Crippen LogP contribution in [0.15, 0.2) is 22.7 Å². The number of halogens is 2. The van der Waals surface area contributed by atoms with E-state index in [4.69, 9.17) is 16.1 Å². The molecule has 0 fully saturated rings. The summed E-state index contributed by atoms with van der Waals surface area (Å²) in [6, 6.07) is 4.88. The highest BCUT2D eigenvalue weighted by Gasteiger charge is 2.11. The fourth-order valence-electron chi connectivity index (χ4n) is 1.69. The molecule has 1 aromatic heterocycles. The van der Waals surface area contributed by atoms with E-state index in [0.29, 0.717) is 23.7 Å². The van der Waals surface area contributed by atoms with E-state index in [2.05, 4.69) is 15.5 Å². The van der Waals surface area contributed by atoms with E-state index in [1.807, 2.05) is 6.92 Å². The average molecular weight is 284 g/mol. The molecule has 0 saturated carbocycles. The highest BCUT2D eigenvalue weighted by atomic mass is 35.5. The van der Waals surface area contributed by atoms with Crippen molar-refractivity contribution in [3.8, 4) is 0 Å². The number of benzene rings is 1. The number of hydrogen-bond acceptors (Lipinski definition) is 4. The van der Waals surface area contributed by atoms with Crippen LogP contribution < -0.4 is 5.32 Å². The minimum Gasteiger partial charge on any atom is -0.339 e. The minimum atomic E-state index is -0.428. The fraction of sp³-hybridized carbons (Fsp3) is 0.385. The third-order valence-corrected chi connectivity index (χ3v) is 2.95. The highest BCUT2D eigenvalue weighted by Crippen LogP contribution is 2.19. The molecule has 6 heteroatoms. The van der Waals surface area contributed by atoms with Gasteiger partial charge in [0.15, 0.2) is 5.82 Å². The molecule has 0 radical (unpaired) electrons. The zero-order valence-corrected chi connectivity index (χ0v) is 11.4. The van der Waals surface area contributed by atoms with Crippen molar-refractivity contribution in [2.75, 3.05) is 13.1 Å². The van der Waals surface area contributed by atoms with Gasteiger partial charge < -0.3 is 9.84 Å². The van der Waals surface area contributed by atoms with Crippen LogP contribution in [0.3, 0.4) is 0 Å². The molecule has 1 N–H and O–H groups in total. The van der Waals surface area contributed by atoms with Crippen LogP contribution in [0.25, 0.3) is 0 Å². The third-order valence-electron chi connectivity index (χ3n) is 2.66. The third kappa shape index (κ3) is 3.75. The van der Waals surface area contributed by atoms with Crippen molar-refractivity contribution in [1.82, 2.24) is 15.5 Å². The van der Waals surface area contributed by atoms with Crippen molar-refractivity contribution in [2.45, 2.75) is 19.8 Å². The van der Waals surface area contributed by atoms with E-state index < -0.39 is 5.82 Å². The van der Waals surface area contributed by atoms with Gasteiger partial charge in [0.1, 0.15) is 5.82 Å². The van der Waals surface area contributed by atoms with Crippen molar-refractivity contribution in [2.24, 2.45) is 0 Å². The molecule has 4 nitrogen and oxygen atoms in total. The van der Waals surface area contributed by atoms with Crippen LogP contribution in [0.2, 0.25) is 5.02 Å². The van der Waals surface area contributed by atoms with Gasteiger partial charge in [0.2, 0.25) is 5.89 Å². The molecule has 0 aliphatic heterocycles. The topological polar surface area (TPSA) is 51.0 Å². The lowest BCUT2D eigenvalue weighted by molar-refractivity contribution is 0.371. The maximum absolute atomic E-state index is 13.7. The Hall–Kier alpha value is -1.46. The molecule has 0 unspecified atom stereocenters. The Kier molecular flexibility index (Phi) is 4.87. The first-order valence-corrected chi connectivity index (χ1v) is 6.53. The van der Waals surface area contributed by atoms with Gasteiger partial charge in [-0.05, 0) is 18.2 Å². The van der Waals surface area contributed by atoms with Gasteiger partial charge in [0, 0.05) is 19.4 Å². The second-order valence-corrected chi connectivity index (χ2v) is 4.50. The summed E-state index contributed by atoms with van der Waals surface area (Å²) in [7, 11) is 0. The summed E-state index contributed by atoms with van der Waals surface area (Å²) in [6.07, 6.45) is 0.940. The van der Waals surface area contributed by atoms with Gasteiger partial charge in [-0.2, -0.15) is 4.98 Å². The van der Waals surface area contributed by atoms with Crippen molar-refractivity contribution < 1.29 is 8.91 Å². The van der Waals surface area contributed by atoms with Crippen LogP contribution in [-0.4, -0.2) is 23.2 Å². The van der Waals surface area contributed by atoms with Gasteiger partial charge in [-0.25, -0.2) is 4.39 Å². The SMILES string of the molecule is CCNCCc1nc(Cc2cccc(Cl)c2F)no1. The zero-order valence-electron chi connectivity index (χ0n) is 10.6. The maximum Gasteiger partial charge on any atom is 0.227 e. The summed E-state index contributed by atoms with van der Waals surface area (Å²) < 4.78 is 18.8. The first kappa shape index (κ1) is 14.0. The van der Waals surface area contributed by atoms with Gasteiger partial charge in [-0.1, -0.05) is 35.8 Å². The molecule has 0 spiro atoms. The first-order chi connectivity index (χ1) is 9.20. The Morgan fingerprint density at radius 1 is 1.42 bits per heavy atom. The Bertz CT molecular complexity index is 544. The van der Waals surface area contributed by atoms with Gasteiger partial charge in [0.05, 0.1) is 5.02 Å². The van der Waals surface area contributed by atoms with Crippen molar-refractivity contribution in [3.05, 3.63) is 46.3 Å². The molecule has 0 amide bonds. The van der Waals surface area contributed by atoms with Crippen LogP contribution in [0.5, 0.6) is 0 Å². The second kappa shape index (κ2) is 6.63. The predicted octanol–water partition coefficient (Wildman–Crippen LogP) is 2.60. The first-order valence-electron chi connectivity index (χ1n) is 6.15. The van der Waals surface area contributed by atoms with E-state index in [9.17, 15) is 4.39 Å². The summed E-state index contributed by atoms with van der Waals surface area (Å²) in [5.41, 5.74) is 0.464. The fourth-order valence-corrected chi connectivity index (χ4v) is 1.89. The number of nitrogens with zero attached hydrogens (tertiary/aromatic N) is 2. The van der Waals surface area contributed by atoms with Crippen LogP contribution in [-0.2, 0) is 12.8 Å². The minimum absolute atomic E-state index is 0.105. The Morgan fingerprint density at radius 2 is 2.26 bits per heavy atom. The monoisotopic (exact) mass is 283 g/mol.